The largest absolute Gasteiger partial charge is 0.399 e. The number of rotatable bonds is 5. The molecule has 0 radical (unpaired) electrons. The lowest BCUT2D eigenvalue weighted by Gasteiger charge is -2.15. The van der Waals surface area contributed by atoms with E-state index >= 15 is 0 Å². The third-order valence-corrected chi connectivity index (χ3v) is 4.70. The highest BCUT2D eigenvalue weighted by molar-refractivity contribution is 7.87. The van der Waals surface area contributed by atoms with E-state index in [1.54, 1.807) is 0 Å². The minimum Gasteiger partial charge on any atom is -0.399 e. The fraction of sp³-hybridized carbons (Fsp3) is 0.500. The van der Waals surface area contributed by atoms with Crippen LogP contribution in [0.15, 0.2) is 24.3 Å². The molecule has 0 atom stereocenters. The quantitative estimate of drug-likeness (QED) is 0.802. The molecule has 0 aliphatic carbocycles. The molecule has 3 N–H and O–H groups in total. The predicted octanol–water partition coefficient (Wildman–Crippen LogP) is 1.16. The maximum atomic E-state index is 11.9. The molecule has 1 aliphatic rings. The van der Waals surface area contributed by atoms with Gasteiger partial charge in [0.2, 0.25) is 0 Å². The van der Waals surface area contributed by atoms with Crippen LogP contribution in [0.2, 0.25) is 0 Å². The zero-order valence-corrected chi connectivity index (χ0v) is 12.3. The zero-order chi connectivity index (χ0) is 13.0. The lowest BCUT2D eigenvalue weighted by Crippen LogP contribution is -2.39. The number of benzene rings is 1. The number of halogens is 1. The summed E-state index contributed by atoms with van der Waals surface area (Å²) in [6, 6.07) is 7.48. The Kier molecular flexibility index (Phi) is 6.06. The third kappa shape index (κ3) is 4.65. The Morgan fingerprint density at radius 2 is 1.74 bits per heavy atom. The Morgan fingerprint density at radius 3 is 2.32 bits per heavy atom. The monoisotopic (exact) mass is 305 g/mol. The first-order valence-corrected chi connectivity index (χ1v) is 7.61. The number of nitrogens with zero attached hydrogens (tertiary/aromatic N) is 1. The Bertz CT molecular complexity index is 484. The standard InChI is InChI=1S/C12H19N3O2S.ClH/c13-12-5-3-11(4-6-12)7-8-14-18(16,17)15-9-1-2-10-15;/h3-6,14H,1-2,7-10,13H2;1H. The van der Waals surface area contributed by atoms with E-state index in [1.165, 1.54) is 4.31 Å². The van der Waals surface area contributed by atoms with Gasteiger partial charge in [-0.25, -0.2) is 4.72 Å². The molecule has 1 saturated heterocycles. The summed E-state index contributed by atoms with van der Waals surface area (Å²) in [4.78, 5) is 0. The van der Waals surface area contributed by atoms with Crippen molar-refractivity contribution in [2.75, 3.05) is 25.4 Å². The van der Waals surface area contributed by atoms with Crippen molar-refractivity contribution in [2.24, 2.45) is 0 Å². The molecule has 7 heteroatoms. The van der Waals surface area contributed by atoms with E-state index in [0.29, 0.717) is 26.1 Å². The Morgan fingerprint density at radius 1 is 1.16 bits per heavy atom. The van der Waals surface area contributed by atoms with Gasteiger partial charge in [-0.1, -0.05) is 12.1 Å². The molecule has 1 fully saturated rings. The Labute approximate surface area is 120 Å². The number of nitrogen functional groups attached to an aromatic ring is 1. The van der Waals surface area contributed by atoms with Crippen LogP contribution < -0.4 is 10.5 Å². The number of anilines is 1. The second-order valence-electron chi connectivity index (χ2n) is 4.50. The van der Waals surface area contributed by atoms with Gasteiger partial charge >= 0.3 is 0 Å². The number of hydrogen-bond acceptors (Lipinski definition) is 3. The molecule has 0 spiro atoms. The van der Waals surface area contributed by atoms with Gasteiger partial charge in [0.1, 0.15) is 0 Å². The van der Waals surface area contributed by atoms with Crippen molar-refractivity contribution in [3.05, 3.63) is 29.8 Å². The summed E-state index contributed by atoms with van der Waals surface area (Å²) in [6.45, 7) is 1.69. The maximum absolute atomic E-state index is 11.9. The molecular formula is C12H20ClN3O2S. The van der Waals surface area contributed by atoms with E-state index < -0.39 is 10.2 Å². The van der Waals surface area contributed by atoms with Crippen LogP contribution in [0.3, 0.4) is 0 Å². The van der Waals surface area contributed by atoms with Gasteiger partial charge in [0.05, 0.1) is 0 Å². The second kappa shape index (κ2) is 7.09. The SMILES string of the molecule is Cl.Nc1ccc(CCNS(=O)(=O)N2CCCC2)cc1. The van der Waals surface area contributed by atoms with Crippen molar-refractivity contribution < 1.29 is 8.42 Å². The summed E-state index contributed by atoms with van der Waals surface area (Å²) >= 11 is 0. The van der Waals surface area contributed by atoms with Gasteiger partial charge in [0, 0.05) is 25.3 Å². The molecule has 5 nitrogen and oxygen atoms in total. The van der Waals surface area contributed by atoms with Crippen LogP contribution >= 0.6 is 12.4 Å². The van der Waals surface area contributed by atoms with Crippen LogP contribution in [0.5, 0.6) is 0 Å². The van der Waals surface area contributed by atoms with Crippen LogP contribution in [0, 0.1) is 0 Å². The molecule has 1 heterocycles. The van der Waals surface area contributed by atoms with Crippen molar-refractivity contribution in [3.63, 3.8) is 0 Å². The lowest BCUT2D eigenvalue weighted by molar-refractivity contribution is 0.465. The van der Waals surface area contributed by atoms with Crippen molar-refractivity contribution in [3.8, 4) is 0 Å². The van der Waals surface area contributed by atoms with Crippen LogP contribution in [0.1, 0.15) is 18.4 Å². The molecular weight excluding hydrogens is 286 g/mol. The van der Waals surface area contributed by atoms with Gasteiger partial charge in [-0.2, -0.15) is 12.7 Å². The highest BCUT2D eigenvalue weighted by Gasteiger charge is 2.24. The van der Waals surface area contributed by atoms with E-state index in [-0.39, 0.29) is 12.4 Å². The predicted molar refractivity (Wildman–Crippen MR) is 79.5 cm³/mol. The minimum absolute atomic E-state index is 0. The van der Waals surface area contributed by atoms with E-state index in [1.807, 2.05) is 24.3 Å². The molecule has 1 aliphatic heterocycles. The van der Waals surface area contributed by atoms with Crippen molar-refractivity contribution >= 4 is 28.3 Å². The first-order valence-electron chi connectivity index (χ1n) is 6.17. The van der Waals surface area contributed by atoms with Crippen molar-refractivity contribution in [1.29, 1.82) is 0 Å². The molecule has 1 aromatic rings. The highest BCUT2D eigenvalue weighted by atomic mass is 35.5. The maximum Gasteiger partial charge on any atom is 0.279 e. The fourth-order valence-electron chi connectivity index (χ4n) is 2.03. The Hall–Kier alpha value is -0.820. The van der Waals surface area contributed by atoms with E-state index in [4.69, 9.17) is 5.73 Å². The van der Waals surface area contributed by atoms with Gasteiger partial charge in [-0.05, 0) is 37.0 Å². The molecule has 108 valence electrons. The smallest absolute Gasteiger partial charge is 0.279 e. The second-order valence-corrected chi connectivity index (χ2v) is 6.25. The normalized spacial score (nSPS) is 16.2. The van der Waals surface area contributed by atoms with Gasteiger partial charge < -0.3 is 5.73 Å². The highest BCUT2D eigenvalue weighted by Crippen LogP contribution is 2.11. The molecule has 0 bridgehead atoms. The van der Waals surface area contributed by atoms with Gasteiger partial charge in [-0.15, -0.1) is 12.4 Å². The summed E-state index contributed by atoms with van der Waals surface area (Å²) in [7, 11) is -3.28. The molecule has 0 saturated carbocycles. The average molecular weight is 306 g/mol. The number of hydrogen-bond donors (Lipinski definition) is 2. The van der Waals surface area contributed by atoms with Crippen molar-refractivity contribution in [1.82, 2.24) is 9.03 Å². The summed E-state index contributed by atoms with van der Waals surface area (Å²) in [6.07, 6.45) is 2.59. The molecule has 0 amide bonds. The van der Waals surface area contributed by atoms with Crippen LogP contribution in [0.4, 0.5) is 5.69 Å². The Balaban J connectivity index is 0.00000180. The van der Waals surface area contributed by atoms with Crippen LogP contribution in [0.25, 0.3) is 0 Å². The fourth-order valence-corrected chi connectivity index (χ4v) is 3.31. The number of nitrogens with one attached hydrogen (secondary N) is 1. The van der Waals surface area contributed by atoms with Crippen LogP contribution in [-0.2, 0) is 16.6 Å². The minimum atomic E-state index is -3.28. The third-order valence-electron chi connectivity index (χ3n) is 3.08. The molecule has 0 unspecified atom stereocenters. The van der Waals surface area contributed by atoms with Gasteiger partial charge in [0.15, 0.2) is 0 Å². The van der Waals surface area contributed by atoms with Gasteiger partial charge in [-0.3, -0.25) is 0 Å². The van der Waals surface area contributed by atoms with E-state index in [0.717, 1.165) is 24.1 Å². The first-order chi connectivity index (χ1) is 8.58. The molecule has 0 aromatic heterocycles. The first kappa shape index (κ1) is 16.2. The van der Waals surface area contributed by atoms with E-state index in [2.05, 4.69) is 4.72 Å². The topological polar surface area (TPSA) is 75.4 Å². The summed E-state index contributed by atoms with van der Waals surface area (Å²) in [5, 5.41) is 0. The van der Waals surface area contributed by atoms with Crippen molar-refractivity contribution in [2.45, 2.75) is 19.3 Å². The average Bonchev–Trinajstić information content (AvgIpc) is 2.86. The van der Waals surface area contributed by atoms with Crippen LogP contribution in [-0.4, -0.2) is 32.4 Å². The number of nitrogens with two attached hydrogens (primary N) is 1. The van der Waals surface area contributed by atoms with E-state index in [9.17, 15) is 8.42 Å². The van der Waals surface area contributed by atoms with Gasteiger partial charge in [0.25, 0.3) is 10.2 Å². The summed E-state index contributed by atoms with van der Waals surface area (Å²) < 4.78 is 27.9. The summed E-state index contributed by atoms with van der Waals surface area (Å²) in [5.41, 5.74) is 7.39. The molecule has 1 aromatic carbocycles. The molecule has 2 rings (SSSR count). The lowest BCUT2D eigenvalue weighted by atomic mass is 10.1. The summed E-state index contributed by atoms with van der Waals surface area (Å²) in [5.74, 6) is 0. The zero-order valence-electron chi connectivity index (χ0n) is 10.7. The molecule has 19 heavy (non-hydrogen) atoms.